The second kappa shape index (κ2) is 5.13. The van der Waals surface area contributed by atoms with Crippen molar-refractivity contribution in [3.63, 3.8) is 0 Å². The van der Waals surface area contributed by atoms with E-state index in [-0.39, 0.29) is 0 Å². The Hall–Kier alpha value is -1.64. The highest BCUT2D eigenvalue weighted by Gasteiger charge is 2.08. The lowest BCUT2D eigenvalue weighted by atomic mass is 10.1. The lowest BCUT2D eigenvalue weighted by molar-refractivity contribution is 0.686. The van der Waals surface area contributed by atoms with Gasteiger partial charge in [0.15, 0.2) is 5.82 Å². The van der Waals surface area contributed by atoms with E-state index in [9.17, 15) is 0 Å². The molecule has 0 spiro atoms. The molecule has 0 aliphatic carbocycles. The molecule has 17 heavy (non-hydrogen) atoms. The van der Waals surface area contributed by atoms with Crippen molar-refractivity contribution < 1.29 is 0 Å². The number of fused-ring (bicyclic) bond motifs is 1. The van der Waals surface area contributed by atoms with Crippen molar-refractivity contribution in [2.75, 3.05) is 5.32 Å². The molecule has 90 valence electrons. The summed E-state index contributed by atoms with van der Waals surface area (Å²) in [6.07, 6.45) is 2.31. The molecule has 0 saturated carbocycles. The standard InChI is InChI=1S/C14H19N3/c1-4-7-10(2)15-14-13-9-6-5-8-12(13)11(3)16-17-14/h5-6,8-10H,4,7H2,1-3H3,(H,15,17). The van der Waals surface area contributed by atoms with Gasteiger partial charge in [0.2, 0.25) is 0 Å². The number of aryl methyl sites for hydroxylation is 1. The molecule has 0 bridgehead atoms. The number of hydrogen-bond donors (Lipinski definition) is 1. The summed E-state index contributed by atoms with van der Waals surface area (Å²) in [6.45, 7) is 6.37. The van der Waals surface area contributed by atoms with Gasteiger partial charge in [-0.25, -0.2) is 0 Å². The molecule has 1 aromatic heterocycles. The molecule has 0 radical (unpaired) electrons. The molecule has 3 nitrogen and oxygen atoms in total. The minimum Gasteiger partial charge on any atom is -0.366 e. The maximum absolute atomic E-state index is 4.27. The fraction of sp³-hybridized carbons (Fsp3) is 0.429. The van der Waals surface area contributed by atoms with Crippen molar-refractivity contribution in [3.8, 4) is 0 Å². The van der Waals surface area contributed by atoms with E-state index in [0.29, 0.717) is 6.04 Å². The summed E-state index contributed by atoms with van der Waals surface area (Å²) in [7, 11) is 0. The van der Waals surface area contributed by atoms with Crippen LogP contribution in [0.5, 0.6) is 0 Å². The van der Waals surface area contributed by atoms with Crippen LogP contribution in [0, 0.1) is 6.92 Å². The summed E-state index contributed by atoms with van der Waals surface area (Å²) in [4.78, 5) is 0. The molecule has 2 aromatic rings. The number of aromatic nitrogens is 2. The first-order valence-electron chi connectivity index (χ1n) is 6.21. The largest absolute Gasteiger partial charge is 0.366 e. The van der Waals surface area contributed by atoms with E-state index in [2.05, 4.69) is 41.5 Å². The first kappa shape index (κ1) is 11.8. The molecule has 3 heteroatoms. The number of benzene rings is 1. The molecule has 0 fully saturated rings. The van der Waals surface area contributed by atoms with Crippen molar-refractivity contribution >= 4 is 16.6 Å². The van der Waals surface area contributed by atoms with Crippen molar-refractivity contribution in [1.29, 1.82) is 0 Å². The Balaban J connectivity index is 2.38. The van der Waals surface area contributed by atoms with Gasteiger partial charge in [-0.3, -0.25) is 0 Å². The van der Waals surface area contributed by atoms with Gasteiger partial charge in [0, 0.05) is 16.8 Å². The quantitative estimate of drug-likeness (QED) is 0.871. The third kappa shape index (κ3) is 2.54. The third-order valence-electron chi connectivity index (χ3n) is 2.98. The maximum Gasteiger partial charge on any atom is 0.156 e. The topological polar surface area (TPSA) is 37.8 Å². The van der Waals surface area contributed by atoms with Gasteiger partial charge in [0.25, 0.3) is 0 Å². The Kier molecular flexibility index (Phi) is 3.57. The van der Waals surface area contributed by atoms with Gasteiger partial charge in [-0.2, -0.15) is 5.10 Å². The zero-order chi connectivity index (χ0) is 12.3. The molecule has 0 aliphatic heterocycles. The van der Waals surface area contributed by atoms with Gasteiger partial charge in [0.05, 0.1) is 5.69 Å². The highest BCUT2D eigenvalue weighted by molar-refractivity contribution is 5.92. The first-order chi connectivity index (χ1) is 8.22. The molecule has 0 amide bonds. The summed E-state index contributed by atoms with van der Waals surface area (Å²) in [5.74, 6) is 0.896. The zero-order valence-electron chi connectivity index (χ0n) is 10.7. The van der Waals surface area contributed by atoms with Crippen LogP contribution in [0.1, 0.15) is 32.4 Å². The van der Waals surface area contributed by atoms with Crippen LogP contribution in [0.25, 0.3) is 10.8 Å². The van der Waals surface area contributed by atoms with E-state index in [1.807, 2.05) is 19.1 Å². The average molecular weight is 229 g/mol. The van der Waals surface area contributed by atoms with Crippen LogP contribution in [0.2, 0.25) is 0 Å². The fourth-order valence-corrected chi connectivity index (χ4v) is 2.08. The summed E-state index contributed by atoms with van der Waals surface area (Å²) in [5, 5.41) is 14.2. The smallest absolute Gasteiger partial charge is 0.156 e. The molecular formula is C14H19N3. The van der Waals surface area contributed by atoms with Gasteiger partial charge in [-0.05, 0) is 20.3 Å². The highest BCUT2D eigenvalue weighted by atomic mass is 15.2. The van der Waals surface area contributed by atoms with Crippen molar-refractivity contribution in [2.45, 2.75) is 39.7 Å². The van der Waals surface area contributed by atoms with E-state index in [1.54, 1.807) is 0 Å². The lowest BCUT2D eigenvalue weighted by Gasteiger charge is -2.15. The summed E-state index contributed by atoms with van der Waals surface area (Å²) in [5.41, 5.74) is 0.981. The predicted octanol–water partition coefficient (Wildman–Crippen LogP) is 3.54. The first-order valence-corrected chi connectivity index (χ1v) is 6.21. The minimum atomic E-state index is 0.431. The summed E-state index contributed by atoms with van der Waals surface area (Å²) < 4.78 is 0. The van der Waals surface area contributed by atoms with Gasteiger partial charge in [-0.15, -0.1) is 5.10 Å². The van der Waals surface area contributed by atoms with Gasteiger partial charge in [0.1, 0.15) is 0 Å². The van der Waals surface area contributed by atoms with Crippen LogP contribution in [0.4, 0.5) is 5.82 Å². The normalized spacial score (nSPS) is 12.6. The van der Waals surface area contributed by atoms with Gasteiger partial charge < -0.3 is 5.32 Å². The van der Waals surface area contributed by atoms with Gasteiger partial charge >= 0.3 is 0 Å². The second-order valence-electron chi connectivity index (χ2n) is 4.51. The molecule has 1 heterocycles. The number of nitrogens with one attached hydrogen (secondary N) is 1. The van der Waals surface area contributed by atoms with Crippen LogP contribution in [0.3, 0.4) is 0 Å². The molecule has 1 unspecified atom stereocenters. The van der Waals surface area contributed by atoms with E-state index in [4.69, 9.17) is 0 Å². The highest BCUT2D eigenvalue weighted by Crippen LogP contribution is 2.23. The average Bonchev–Trinajstić information content (AvgIpc) is 2.34. The summed E-state index contributed by atoms with van der Waals surface area (Å²) in [6, 6.07) is 8.70. The summed E-state index contributed by atoms with van der Waals surface area (Å²) >= 11 is 0. The van der Waals surface area contributed by atoms with Crippen molar-refractivity contribution in [3.05, 3.63) is 30.0 Å². The Morgan fingerprint density at radius 1 is 1.18 bits per heavy atom. The van der Waals surface area contributed by atoms with E-state index >= 15 is 0 Å². The van der Waals surface area contributed by atoms with Crippen LogP contribution in [-0.2, 0) is 0 Å². The predicted molar refractivity (Wildman–Crippen MR) is 72.3 cm³/mol. The fourth-order valence-electron chi connectivity index (χ4n) is 2.08. The zero-order valence-corrected chi connectivity index (χ0v) is 10.7. The number of nitrogens with zero attached hydrogens (tertiary/aromatic N) is 2. The van der Waals surface area contributed by atoms with Crippen LogP contribution in [0.15, 0.2) is 24.3 Å². The van der Waals surface area contributed by atoms with Crippen molar-refractivity contribution in [2.24, 2.45) is 0 Å². The SMILES string of the molecule is CCCC(C)Nc1nnc(C)c2ccccc12. The monoisotopic (exact) mass is 229 g/mol. The van der Waals surface area contributed by atoms with Crippen LogP contribution in [-0.4, -0.2) is 16.2 Å². The maximum atomic E-state index is 4.27. The Morgan fingerprint density at radius 3 is 2.59 bits per heavy atom. The second-order valence-corrected chi connectivity index (χ2v) is 4.51. The number of hydrogen-bond acceptors (Lipinski definition) is 3. The van der Waals surface area contributed by atoms with Crippen LogP contribution < -0.4 is 5.32 Å². The molecule has 0 saturated heterocycles. The third-order valence-corrected chi connectivity index (χ3v) is 2.98. The van der Waals surface area contributed by atoms with Gasteiger partial charge in [-0.1, -0.05) is 37.6 Å². The Morgan fingerprint density at radius 2 is 1.88 bits per heavy atom. The molecular weight excluding hydrogens is 210 g/mol. The molecule has 1 atom stereocenters. The van der Waals surface area contributed by atoms with E-state index < -0.39 is 0 Å². The molecule has 2 rings (SSSR count). The number of rotatable bonds is 4. The van der Waals surface area contributed by atoms with Crippen molar-refractivity contribution in [1.82, 2.24) is 10.2 Å². The molecule has 1 N–H and O–H groups in total. The molecule has 1 aromatic carbocycles. The Bertz CT molecular complexity index is 508. The lowest BCUT2D eigenvalue weighted by Crippen LogP contribution is -2.16. The Labute approximate surface area is 102 Å². The van der Waals surface area contributed by atoms with E-state index in [1.165, 1.54) is 11.8 Å². The number of anilines is 1. The minimum absolute atomic E-state index is 0.431. The molecule has 0 aliphatic rings. The van der Waals surface area contributed by atoms with Crippen LogP contribution >= 0.6 is 0 Å². The van der Waals surface area contributed by atoms with E-state index in [0.717, 1.165) is 23.3 Å².